The lowest BCUT2D eigenvalue weighted by Gasteiger charge is -2.18. The first-order valence-corrected chi connectivity index (χ1v) is 9.65. The van der Waals surface area contributed by atoms with Gasteiger partial charge in [-0.3, -0.25) is 9.79 Å². The van der Waals surface area contributed by atoms with Crippen molar-refractivity contribution in [2.75, 3.05) is 6.54 Å². The summed E-state index contributed by atoms with van der Waals surface area (Å²) in [4.78, 5) is 42.8. The van der Waals surface area contributed by atoms with Crippen LogP contribution in [-0.2, 0) is 9.59 Å². The molecule has 14 N–H and O–H groups in total. The summed E-state index contributed by atoms with van der Waals surface area (Å²) in [6.07, 6.45) is -0.997. The summed E-state index contributed by atoms with van der Waals surface area (Å²) in [5.41, 5.74) is 26.7. The van der Waals surface area contributed by atoms with Crippen LogP contribution < -0.4 is 39.3 Å². The second kappa shape index (κ2) is 13.0. The number of hydrogen-bond donors (Lipinski definition) is 9. The third-order valence-electron chi connectivity index (χ3n) is 4.12. The van der Waals surface area contributed by atoms with Crippen molar-refractivity contribution in [3.8, 4) is 0 Å². The maximum atomic E-state index is 12.4. The van der Waals surface area contributed by atoms with Gasteiger partial charge in [0.1, 0.15) is 18.3 Å². The van der Waals surface area contributed by atoms with E-state index in [-0.39, 0.29) is 49.9 Å². The number of nitrogens with one attached hydrogen (secondary N) is 2. The summed E-state index contributed by atoms with van der Waals surface area (Å²) in [7, 11) is 0. The topological polar surface area (TPSA) is 297 Å². The van der Waals surface area contributed by atoms with Crippen molar-refractivity contribution in [1.29, 1.82) is 0 Å². The molecule has 4 atom stereocenters. The van der Waals surface area contributed by atoms with Gasteiger partial charge in [-0.25, -0.2) is 9.59 Å². The molecule has 0 aliphatic carbocycles. The minimum atomic E-state index is -1.26. The fourth-order valence-electron chi connectivity index (χ4n) is 2.57. The van der Waals surface area contributed by atoms with Crippen LogP contribution in [-0.4, -0.2) is 63.0 Å². The molecule has 1 rings (SSSR count). The van der Waals surface area contributed by atoms with Gasteiger partial charge in [0.2, 0.25) is 11.8 Å². The molecular formula is C16H30N10O6. The average molecular weight is 458 g/mol. The SMILES string of the molecule is NC(=O)CC[C@H](NC(=O)N[C@@H](CCCN=C(N)N)C(=O)O)c1nc([C@@H](N)CC(N)O)no1. The quantitative estimate of drug-likeness (QED) is 0.0577. The molecule has 1 heterocycles. The molecule has 0 spiro atoms. The van der Waals surface area contributed by atoms with E-state index in [2.05, 4.69) is 25.8 Å². The number of carbonyl (C=O) groups is 3. The van der Waals surface area contributed by atoms with Gasteiger partial charge >= 0.3 is 12.0 Å². The highest BCUT2D eigenvalue weighted by atomic mass is 16.5. The van der Waals surface area contributed by atoms with Gasteiger partial charge in [0.15, 0.2) is 11.8 Å². The van der Waals surface area contributed by atoms with E-state index < -0.39 is 42.3 Å². The van der Waals surface area contributed by atoms with Crippen molar-refractivity contribution in [2.24, 2.45) is 33.7 Å². The van der Waals surface area contributed by atoms with Gasteiger partial charge in [0, 0.05) is 19.4 Å². The third kappa shape index (κ3) is 10.0. The van der Waals surface area contributed by atoms with Gasteiger partial charge in [0.25, 0.3) is 0 Å². The zero-order valence-electron chi connectivity index (χ0n) is 17.3. The number of primary amides is 1. The van der Waals surface area contributed by atoms with Gasteiger partial charge in [-0.05, 0) is 19.3 Å². The van der Waals surface area contributed by atoms with Crippen molar-refractivity contribution in [3.63, 3.8) is 0 Å². The summed E-state index contributed by atoms with van der Waals surface area (Å²) < 4.78 is 5.10. The molecule has 0 radical (unpaired) electrons. The number of carboxylic acids is 1. The molecule has 1 aromatic heterocycles. The Morgan fingerprint density at radius 1 is 1.12 bits per heavy atom. The van der Waals surface area contributed by atoms with Crippen molar-refractivity contribution in [1.82, 2.24) is 20.8 Å². The van der Waals surface area contributed by atoms with Crippen LogP contribution in [0, 0.1) is 0 Å². The van der Waals surface area contributed by atoms with Crippen LogP contribution in [0.5, 0.6) is 0 Å². The number of aliphatic hydroxyl groups excluding tert-OH is 1. The van der Waals surface area contributed by atoms with Gasteiger partial charge in [-0.1, -0.05) is 5.16 Å². The molecule has 0 fully saturated rings. The summed E-state index contributed by atoms with van der Waals surface area (Å²) in [5, 5.41) is 27.0. The predicted octanol–water partition coefficient (Wildman–Crippen LogP) is -3.15. The highest BCUT2D eigenvalue weighted by molar-refractivity contribution is 5.82. The van der Waals surface area contributed by atoms with Crippen molar-refractivity contribution in [3.05, 3.63) is 11.7 Å². The molecule has 1 aromatic rings. The number of rotatable bonds is 14. The maximum absolute atomic E-state index is 12.4. The van der Waals surface area contributed by atoms with E-state index in [9.17, 15) is 24.6 Å². The maximum Gasteiger partial charge on any atom is 0.326 e. The van der Waals surface area contributed by atoms with Crippen LogP contribution in [0.15, 0.2) is 9.52 Å². The lowest BCUT2D eigenvalue weighted by molar-refractivity contribution is -0.139. The average Bonchev–Trinajstić information content (AvgIpc) is 3.16. The molecule has 180 valence electrons. The Morgan fingerprint density at radius 2 is 1.81 bits per heavy atom. The fraction of sp³-hybridized carbons (Fsp3) is 0.625. The number of aliphatic carboxylic acids is 1. The van der Waals surface area contributed by atoms with E-state index in [4.69, 9.17) is 33.2 Å². The molecule has 32 heavy (non-hydrogen) atoms. The lowest BCUT2D eigenvalue weighted by atomic mass is 10.1. The van der Waals surface area contributed by atoms with Crippen LogP contribution in [0.25, 0.3) is 0 Å². The number of aromatic nitrogens is 2. The Kier molecular flexibility index (Phi) is 10.8. The molecule has 0 aliphatic heterocycles. The van der Waals surface area contributed by atoms with Crippen molar-refractivity contribution < 1.29 is 29.1 Å². The first kappa shape index (κ1) is 26.5. The van der Waals surface area contributed by atoms with Crippen LogP contribution in [0.4, 0.5) is 4.79 Å². The number of aliphatic hydroxyl groups is 1. The molecule has 0 aliphatic rings. The lowest BCUT2D eigenvalue weighted by Crippen LogP contribution is -2.47. The minimum absolute atomic E-state index is 0.00136. The summed E-state index contributed by atoms with van der Waals surface area (Å²) in [6.45, 7) is 0.194. The molecule has 0 aromatic carbocycles. The van der Waals surface area contributed by atoms with Crippen molar-refractivity contribution >= 4 is 23.9 Å². The molecule has 1 unspecified atom stereocenters. The number of guanidine groups is 1. The highest BCUT2D eigenvalue weighted by Crippen LogP contribution is 2.19. The fourth-order valence-corrected chi connectivity index (χ4v) is 2.57. The summed E-state index contributed by atoms with van der Waals surface area (Å²) in [6, 6.07) is -3.87. The second-order valence-corrected chi connectivity index (χ2v) is 6.92. The van der Waals surface area contributed by atoms with E-state index in [0.717, 1.165) is 0 Å². The number of urea groups is 1. The van der Waals surface area contributed by atoms with Crippen LogP contribution in [0.1, 0.15) is 55.9 Å². The molecular weight excluding hydrogens is 428 g/mol. The largest absolute Gasteiger partial charge is 0.480 e. The summed E-state index contributed by atoms with van der Waals surface area (Å²) in [5.74, 6) is -2.08. The first-order valence-electron chi connectivity index (χ1n) is 9.65. The standard InChI is InChI=1S/C16H30N10O6/c17-7(6-11(19)28)12-25-13(32-26-12)8(3-4-10(18)27)23-16(31)24-9(14(29)30)2-1-5-22-15(20)21/h7-9,11,28H,1-6,17,19H2,(H2,18,27)(H,29,30)(H4,20,21,22)(H2,23,24,31)/t7-,8-,9-,11?/m0/s1. The highest BCUT2D eigenvalue weighted by Gasteiger charge is 2.26. The molecule has 0 bridgehead atoms. The molecule has 0 saturated carbocycles. The zero-order valence-corrected chi connectivity index (χ0v) is 17.3. The Bertz CT molecular complexity index is 794. The smallest absolute Gasteiger partial charge is 0.326 e. The van der Waals surface area contributed by atoms with E-state index >= 15 is 0 Å². The summed E-state index contributed by atoms with van der Waals surface area (Å²) >= 11 is 0. The van der Waals surface area contributed by atoms with E-state index in [1.807, 2.05) is 0 Å². The van der Waals surface area contributed by atoms with Crippen LogP contribution >= 0.6 is 0 Å². The second-order valence-electron chi connectivity index (χ2n) is 6.92. The van der Waals surface area contributed by atoms with Crippen molar-refractivity contribution in [2.45, 2.75) is 56.5 Å². The van der Waals surface area contributed by atoms with Gasteiger partial charge in [-0.2, -0.15) is 4.98 Å². The molecule has 16 nitrogen and oxygen atoms in total. The Morgan fingerprint density at radius 3 is 2.38 bits per heavy atom. The van der Waals surface area contributed by atoms with Gasteiger partial charge in [-0.15, -0.1) is 0 Å². The normalized spacial score (nSPS) is 14.6. The Balaban J connectivity index is 2.83. The number of aliphatic imine (C=N–C) groups is 1. The number of hydrogen-bond acceptors (Lipinski definition) is 10. The number of amides is 3. The van der Waals surface area contributed by atoms with E-state index in [0.29, 0.717) is 6.42 Å². The molecule has 16 heteroatoms. The zero-order chi connectivity index (χ0) is 24.3. The van der Waals surface area contributed by atoms with Crippen LogP contribution in [0.2, 0.25) is 0 Å². The molecule has 0 saturated heterocycles. The van der Waals surface area contributed by atoms with Gasteiger partial charge < -0.3 is 54.0 Å². The molecule has 3 amide bonds. The van der Waals surface area contributed by atoms with E-state index in [1.54, 1.807) is 0 Å². The number of carboxylic acid groups (broad SMARTS) is 1. The van der Waals surface area contributed by atoms with E-state index in [1.165, 1.54) is 0 Å². The Hall–Kier alpha value is -3.50. The monoisotopic (exact) mass is 458 g/mol. The minimum Gasteiger partial charge on any atom is -0.480 e. The van der Waals surface area contributed by atoms with Crippen LogP contribution in [0.3, 0.4) is 0 Å². The predicted molar refractivity (Wildman–Crippen MR) is 110 cm³/mol. The van der Waals surface area contributed by atoms with Gasteiger partial charge in [0.05, 0.1) is 6.04 Å². The first-order chi connectivity index (χ1) is 15.0. The third-order valence-corrected chi connectivity index (χ3v) is 4.12. The number of nitrogens with two attached hydrogens (primary N) is 5. The number of nitrogens with zero attached hydrogens (tertiary/aromatic N) is 3. The number of carbonyl (C=O) groups excluding carboxylic acids is 2. The Labute approximate surface area is 182 Å².